The average molecular weight is 315 g/mol. The number of anilines is 1. The second-order valence-corrected chi connectivity index (χ2v) is 7.31. The topological polar surface area (TPSA) is 71.3 Å². The average Bonchev–Trinajstić information content (AvgIpc) is 2.88. The number of nitrogen functional groups attached to an aromatic ring is 1. The molecule has 1 amide bonds. The largest absolute Gasteiger partial charge is 0.444 e. The van der Waals surface area contributed by atoms with Crippen LogP contribution in [0.15, 0.2) is 24.4 Å². The van der Waals surface area contributed by atoms with E-state index in [0.29, 0.717) is 12.5 Å². The molecule has 3 rings (SSSR count). The van der Waals surface area contributed by atoms with Gasteiger partial charge in [-0.1, -0.05) is 0 Å². The number of amides is 1. The summed E-state index contributed by atoms with van der Waals surface area (Å²) in [5.41, 5.74) is 8.55. The van der Waals surface area contributed by atoms with Crippen LogP contribution in [0.1, 0.15) is 45.1 Å². The van der Waals surface area contributed by atoms with Crippen LogP contribution in [0.5, 0.6) is 0 Å². The van der Waals surface area contributed by atoms with Crippen LogP contribution in [0.3, 0.4) is 0 Å². The molecule has 0 aliphatic carbocycles. The number of carbonyl (C=O) groups is 1. The fourth-order valence-corrected chi connectivity index (χ4v) is 3.22. The first-order valence-corrected chi connectivity index (χ1v) is 8.18. The maximum Gasteiger partial charge on any atom is 0.410 e. The Hall–Kier alpha value is -2.17. The SMILES string of the molecule is CC(C)(C)OC(=O)N1CCCC(c2c[nH]c3ccc(N)cc23)C1. The van der Waals surface area contributed by atoms with Crippen molar-refractivity contribution in [3.8, 4) is 0 Å². The van der Waals surface area contributed by atoms with E-state index in [1.807, 2.05) is 50.1 Å². The molecule has 1 atom stereocenters. The molecule has 1 unspecified atom stereocenters. The van der Waals surface area contributed by atoms with E-state index in [1.54, 1.807) is 0 Å². The number of piperidine rings is 1. The number of ether oxygens (including phenoxy) is 1. The van der Waals surface area contributed by atoms with Gasteiger partial charge in [0, 0.05) is 41.8 Å². The van der Waals surface area contributed by atoms with Crippen molar-refractivity contribution in [1.82, 2.24) is 9.88 Å². The fraction of sp³-hybridized carbons (Fsp3) is 0.500. The summed E-state index contributed by atoms with van der Waals surface area (Å²) in [5.74, 6) is 0.312. The standard InChI is InChI=1S/C18H25N3O2/c1-18(2,3)23-17(22)21-8-4-5-12(11-21)15-10-20-16-7-6-13(19)9-14(15)16/h6-7,9-10,12,20H,4-5,8,11,19H2,1-3H3. The molecule has 1 aliphatic rings. The molecule has 23 heavy (non-hydrogen) atoms. The van der Waals surface area contributed by atoms with Crippen LogP contribution in [0.4, 0.5) is 10.5 Å². The van der Waals surface area contributed by atoms with Crippen LogP contribution in [0.25, 0.3) is 10.9 Å². The molecule has 0 bridgehead atoms. The van der Waals surface area contributed by atoms with Gasteiger partial charge in [-0.3, -0.25) is 0 Å². The van der Waals surface area contributed by atoms with Crippen molar-refractivity contribution < 1.29 is 9.53 Å². The predicted octanol–water partition coefficient (Wildman–Crippen LogP) is 3.86. The minimum Gasteiger partial charge on any atom is -0.444 e. The van der Waals surface area contributed by atoms with Gasteiger partial charge >= 0.3 is 6.09 Å². The van der Waals surface area contributed by atoms with Crippen molar-refractivity contribution in [2.75, 3.05) is 18.8 Å². The lowest BCUT2D eigenvalue weighted by Gasteiger charge is -2.34. The quantitative estimate of drug-likeness (QED) is 0.785. The molecule has 1 aromatic carbocycles. The summed E-state index contributed by atoms with van der Waals surface area (Å²) in [7, 11) is 0. The van der Waals surface area contributed by atoms with E-state index in [1.165, 1.54) is 5.56 Å². The summed E-state index contributed by atoms with van der Waals surface area (Å²) in [6.07, 6.45) is 3.88. The van der Waals surface area contributed by atoms with E-state index >= 15 is 0 Å². The Balaban J connectivity index is 1.80. The number of hydrogen-bond acceptors (Lipinski definition) is 3. The highest BCUT2D eigenvalue weighted by atomic mass is 16.6. The van der Waals surface area contributed by atoms with Crippen LogP contribution in [0.2, 0.25) is 0 Å². The first-order chi connectivity index (χ1) is 10.8. The van der Waals surface area contributed by atoms with E-state index in [4.69, 9.17) is 10.5 Å². The molecule has 1 saturated heterocycles. The van der Waals surface area contributed by atoms with Gasteiger partial charge in [-0.25, -0.2) is 4.79 Å². The first kappa shape index (κ1) is 15.7. The highest BCUT2D eigenvalue weighted by molar-refractivity contribution is 5.86. The Morgan fingerprint density at radius 3 is 2.91 bits per heavy atom. The lowest BCUT2D eigenvalue weighted by atomic mass is 9.90. The van der Waals surface area contributed by atoms with Gasteiger partial charge in [0.15, 0.2) is 0 Å². The zero-order chi connectivity index (χ0) is 16.6. The summed E-state index contributed by atoms with van der Waals surface area (Å²) in [6.45, 7) is 7.14. The molecule has 5 heteroatoms. The van der Waals surface area contributed by atoms with Crippen molar-refractivity contribution in [2.24, 2.45) is 0 Å². The predicted molar refractivity (Wildman–Crippen MR) is 92.5 cm³/mol. The molecular weight excluding hydrogens is 290 g/mol. The Bertz CT molecular complexity index is 715. The fourth-order valence-electron chi connectivity index (χ4n) is 3.22. The third-order valence-corrected chi connectivity index (χ3v) is 4.25. The van der Waals surface area contributed by atoms with Crippen LogP contribution >= 0.6 is 0 Å². The maximum atomic E-state index is 12.3. The maximum absolute atomic E-state index is 12.3. The number of aromatic amines is 1. The minimum atomic E-state index is -0.459. The van der Waals surface area contributed by atoms with Gasteiger partial charge < -0.3 is 20.4 Å². The van der Waals surface area contributed by atoms with Gasteiger partial charge in [-0.2, -0.15) is 0 Å². The van der Waals surface area contributed by atoms with E-state index < -0.39 is 5.60 Å². The number of rotatable bonds is 1. The van der Waals surface area contributed by atoms with E-state index in [-0.39, 0.29) is 6.09 Å². The molecule has 2 aromatic rings. The van der Waals surface area contributed by atoms with E-state index in [2.05, 4.69) is 4.98 Å². The van der Waals surface area contributed by atoms with Gasteiger partial charge in [0.2, 0.25) is 0 Å². The number of H-pyrrole nitrogens is 1. The highest BCUT2D eigenvalue weighted by Gasteiger charge is 2.29. The summed E-state index contributed by atoms with van der Waals surface area (Å²) < 4.78 is 5.51. The third-order valence-electron chi connectivity index (χ3n) is 4.25. The molecule has 1 aliphatic heterocycles. The number of benzene rings is 1. The monoisotopic (exact) mass is 315 g/mol. The van der Waals surface area contributed by atoms with Crippen LogP contribution in [-0.4, -0.2) is 34.7 Å². The molecule has 124 valence electrons. The van der Waals surface area contributed by atoms with Gasteiger partial charge in [-0.15, -0.1) is 0 Å². The first-order valence-electron chi connectivity index (χ1n) is 8.18. The summed E-state index contributed by atoms with van der Waals surface area (Å²) in [5, 5.41) is 1.15. The van der Waals surface area contributed by atoms with Crippen molar-refractivity contribution in [3.63, 3.8) is 0 Å². The zero-order valence-corrected chi connectivity index (χ0v) is 14.1. The van der Waals surface area contributed by atoms with Gasteiger partial charge in [0.25, 0.3) is 0 Å². The van der Waals surface area contributed by atoms with Crippen LogP contribution in [0, 0.1) is 0 Å². The summed E-state index contributed by atoms with van der Waals surface area (Å²) in [6, 6.07) is 5.91. The molecule has 2 heterocycles. The third kappa shape index (κ3) is 3.44. The molecule has 5 nitrogen and oxygen atoms in total. The van der Waals surface area contributed by atoms with Crippen molar-refractivity contribution in [2.45, 2.75) is 45.1 Å². The lowest BCUT2D eigenvalue weighted by molar-refractivity contribution is 0.0198. The number of likely N-dealkylation sites (tertiary alicyclic amines) is 1. The summed E-state index contributed by atoms with van der Waals surface area (Å²) >= 11 is 0. The minimum absolute atomic E-state index is 0.221. The van der Waals surface area contributed by atoms with Crippen molar-refractivity contribution in [1.29, 1.82) is 0 Å². The summed E-state index contributed by atoms with van der Waals surface area (Å²) in [4.78, 5) is 17.5. The number of hydrogen-bond donors (Lipinski definition) is 2. The van der Waals surface area contributed by atoms with Gasteiger partial charge in [-0.05, 0) is 57.4 Å². The number of nitrogens with zero attached hydrogens (tertiary/aromatic N) is 1. The van der Waals surface area contributed by atoms with E-state index in [0.717, 1.165) is 36.0 Å². The number of aromatic nitrogens is 1. The molecule has 1 fully saturated rings. The molecule has 0 spiro atoms. The Morgan fingerprint density at radius 2 is 2.17 bits per heavy atom. The molecule has 0 radical (unpaired) electrons. The normalized spacial score (nSPS) is 19.1. The number of nitrogens with one attached hydrogen (secondary N) is 1. The Morgan fingerprint density at radius 1 is 1.39 bits per heavy atom. The van der Waals surface area contributed by atoms with Gasteiger partial charge in [0.1, 0.15) is 5.60 Å². The van der Waals surface area contributed by atoms with Gasteiger partial charge in [0.05, 0.1) is 0 Å². The number of fused-ring (bicyclic) bond motifs is 1. The van der Waals surface area contributed by atoms with Crippen molar-refractivity contribution in [3.05, 3.63) is 30.0 Å². The lowest BCUT2D eigenvalue weighted by Crippen LogP contribution is -2.42. The molecule has 1 aromatic heterocycles. The molecule has 3 N–H and O–H groups in total. The van der Waals surface area contributed by atoms with Crippen LogP contribution in [-0.2, 0) is 4.74 Å². The second kappa shape index (κ2) is 5.80. The zero-order valence-electron chi connectivity index (χ0n) is 14.1. The highest BCUT2D eigenvalue weighted by Crippen LogP contribution is 2.33. The smallest absolute Gasteiger partial charge is 0.410 e. The molecule has 0 saturated carbocycles. The molecular formula is C18H25N3O2. The van der Waals surface area contributed by atoms with Crippen molar-refractivity contribution >= 4 is 22.7 Å². The van der Waals surface area contributed by atoms with E-state index in [9.17, 15) is 4.79 Å². The second-order valence-electron chi connectivity index (χ2n) is 7.31. The number of carbonyl (C=O) groups excluding carboxylic acids is 1. The Kier molecular flexibility index (Phi) is 3.96. The number of nitrogens with two attached hydrogens (primary N) is 1. The Labute approximate surface area is 136 Å². The van der Waals surface area contributed by atoms with Crippen LogP contribution < -0.4 is 5.73 Å².